The second-order valence-electron chi connectivity index (χ2n) is 4.69. The topological polar surface area (TPSA) is 54.5 Å². The van der Waals surface area contributed by atoms with Crippen LogP contribution in [0.3, 0.4) is 0 Å². The molecule has 4 nitrogen and oxygen atoms in total. The average Bonchev–Trinajstić information content (AvgIpc) is 2.42. The molecule has 1 amide bonds. The average molecular weight is 318 g/mol. The molecule has 0 N–H and O–H groups in total. The number of aryl methyl sites for hydroxylation is 1. The molecule has 0 saturated heterocycles. The van der Waals surface area contributed by atoms with Gasteiger partial charge in [0.05, 0.1) is 4.90 Å². The highest BCUT2D eigenvalue weighted by Crippen LogP contribution is 2.23. The number of nitrogens with zero attached hydrogens (tertiary/aromatic N) is 1. The van der Waals surface area contributed by atoms with E-state index in [0.29, 0.717) is 24.1 Å². The van der Waals surface area contributed by atoms with E-state index >= 15 is 0 Å². The summed E-state index contributed by atoms with van der Waals surface area (Å²) >= 11 is 0. The Kier molecular flexibility index (Phi) is 6.02. The van der Waals surface area contributed by atoms with Crippen molar-refractivity contribution in [3.05, 3.63) is 29.3 Å². The summed E-state index contributed by atoms with van der Waals surface area (Å²) in [7, 11) is 3.30. The molecule has 1 aromatic rings. The first kappa shape index (κ1) is 17.0. The Labute approximate surface area is 125 Å². The summed E-state index contributed by atoms with van der Waals surface area (Å²) in [5.74, 6) is -0.192. The van der Waals surface area contributed by atoms with E-state index in [2.05, 4.69) is 0 Å². The lowest BCUT2D eigenvalue weighted by atomic mass is 10.1. The highest BCUT2D eigenvalue weighted by Gasteiger charge is 2.19. The normalized spacial score (nSPS) is 11.4. The molecule has 0 atom stereocenters. The van der Waals surface area contributed by atoms with Gasteiger partial charge in [0, 0.05) is 29.8 Å². The molecule has 1 aromatic carbocycles. The molecule has 20 heavy (non-hydrogen) atoms. The van der Waals surface area contributed by atoms with Crippen LogP contribution in [0.25, 0.3) is 0 Å². The van der Waals surface area contributed by atoms with E-state index in [1.807, 2.05) is 13.8 Å². The lowest BCUT2D eigenvalue weighted by Gasteiger charge is -2.17. The fraction of sp³-hybridized carbons (Fsp3) is 0.500. The standard InChI is InChI=1S/C14H20ClNO3S/c1-4-6-9-16(3)14(17)12-8-7-11(5-2)13(10-12)20(15,18)19/h7-8,10H,4-6,9H2,1-3H3. The van der Waals surface area contributed by atoms with Gasteiger partial charge in [0.1, 0.15) is 0 Å². The van der Waals surface area contributed by atoms with Gasteiger partial charge in [-0.2, -0.15) is 0 Å². The molecule has 0 spiro atoms. The zero-order valence-electron chi connectivity index (χ0n) is 12.0. The molecule has 0 aliphatic carbocycles. The minimum Gasteiger partial charge on any atom is -0.342 e. The third-order valence-corrected chi connectivity index (χ3v) is 4.56. The Bertz CT molecular complexity index is 584. The van der Waals surface area contributed by atoms with Crippen molar-refractivity contribution >= 4 is 25.6 Å². The van der Waals surface area contributed by atoms with Gasteiger partial charge in [-0.3, -0.25) is 4.79 Å². The molecule has 1 rings (SSSR count). The van der Waals surface area contributed by atoms with Crippen LogP contribution in [0.4, 0.5) is 0 Å². The minimum absolute atomic E-state index is 0.0245. The largest absolute Gasteiger partial charge is 0.342 e. The summed E-state index contributed by atoms with van der Waals surface area (Å²) in [6.07, 6.45) is 2.45. The van der Waals surface area contributed by atoms with Crippen LogP contribution in [0.1, 0.15) is 42.6 Å². The Morgan fingerprint density at radius 2 is 1.95 bits per heavy atom. The van der Waals surface area contributed by atoms with E-state index in [4.69, 9.17) is 10.7 Å². The number of carbonyl (C=O) groups excluding carboxylic acids is 1. The number of unbranched alkanes of at least 4 members (excludes halogenated alkanes) is 1. The summed E-state index contributed by atoms with van der Waals surface area (Å²) in [6, 6.07) is 4.66. The summed E-state index contributed by atoms with van der Waals surface area (Å²) < 4.78 is 23.1. The Morgan fingerprint density at radius 3 is 2.45 bits per heavy atom. The van der Waals surface area contributed by atoms with E-state index in [1.165, 1.54) is 6.07 Å². The lowest BCUT2D eigenvalue weighted by molar-refractivity contribution is 0.0793. The first-order valence-corrected chi connectivity index (χ1v) is 8.95. The predicted molar refractivity (Wildman–Crippen MR) is 80.7 cm³/mol. The first-order chi connectivity index (χ1) is 9.31. The summed E-state index contributed by atoms with van der Waals surface area (Å²) in [5, 5.41) is 0. The first-order valence-electron chi connectivity index (χ1n) is 6.64. The van der Waals surface area contributed by atoms with Gasteiger partial charge in [0.25, 0.3) is 15.0 Å². The molecule has 0 aromatic heterocycles. The van der Waals surface area contributed by atoms with Crippen LogP contribution in [0.15, 0.2) is 23.1 Å². The van der Waals surface area contributed by atoms with Crippen molar-refractivity contribution in [3.63, 3.8) is 0 Å². The van der Waals surface area contributed by atoms with E-state index < -0.39 is 9.05 Å². The molecule has 0 fully saturated rings. The third kappa shape index (κ3) is 4.21. The zero-order valence-corrected chi connectivity index (χ0v) is 13.6. The minimum atomic E-state index is -3.84. The van der Waals surface area contributed by atoms with Crippen LogP contribution in [-0.4, -0.2) is 32.8 Å². The maximum absolute atomic E-state index is 12.2. The van der Waals surface area contributed by atoms with Crippen molar-refractivity contribution < 1.29 is 13.2 Å². The molecule has 0 heterocycles. The Balaban J connectivity index is 3.12. The van der Waals surface area contributed by atoms with Gasteiger partial charge in [-0.1, -0.05) is 26.3 Å². The zero-order chi connectivity index (χ0) is 15.3. The van der Waals surface area contributed by atoms with Crippen molar-refractivity contribution in [2.24, 2.45) is 0 Å². The van der Waals surface area contributed by atoms with Gasteiger partial charge in [-0.15, -0.1) is 0 Å². The number of hydrogen-bond donors (Lipinski definition) is 0. The van der Waals surface area contributed by atoms with E-state index in [1.54, 1.807) is 24.1 Å². The highest BCUT2D eigenvalue weighted by atomic mass is 35.7. The van der Waals surface area contributed by atoms with E-state index in [-0.39, 0.29) is 10.8 Å². The maximum Gasteiger partial charge on any atom is 0.261 e. The molecule has 0 aliphatic heterocycles. The summed E-state index contributed by atoms with van der Waals surface area (Å²) in [4.78, 5) is 13.8. The second kappa shape index (κ2) is 7.09. The smallest absolute Gasteiger partial charge is 0.261 e. The second-order valence-corrected chi connectivity index (χ2v) is 7.23. The number of rotatable bonds is 6. The number of benzene rings is 1. The number of hydrogen-bond acceptors (Lipinski definition) is 3. The van der Waals surface area contributed by atoms with Gasteiger partial charge >= 0.3 is 0 Å². The maximum atomic E-state index is 12.2. The van der Waals surface area contributed by atoms with Gasteiger partial charge in [0.2, 0.25) is 0 Å². The van der Waals surface area contributed by atoms with Crippen LogP contribution < -0.4 is 0 Å². The van der Waals surface area contributed by atoms with Crippen molar-refractivity contribution in [3.8, 4) is 0 Å². The molecule has 0 radical (unpaired) electrons. The molecule has 0 saturated carbocycles. The Hall–Kier alpha value is -1.07. The summed E-state index contributed by atoms with van der Waals surface area (Å²) in [6.45, 7) is 4.54. The van der Waals surface area contributed by atoms with Crippen LogP contribution >= 0.6 is 10.7 Å². The van der Waals surface area contributed by atoms with Crippen molar-refractivity contribution in [1.82, 2.24) is 4.90 Å². The molecule has 0 unspecified atom stereocenters. The van der Waals surface area contributed by atoms with Crippen molar-refractivity contribution in [1.29, 1.82) is 0 Å². The number of carbonyl (C=O) groups is 1. The van der Waals surface area contributed by atoms with Gasteiger partial charge in [0.15, 0.2) is 0 Å². The SMILES string of the molecule is CCCCN(C)C(=O)c1ccc(CC)c(S(=O)(=O)Cl)c1. The van der Waals surface area contributed by atoms with Crippen LogP contribution in [-0.2, 0) is 15.5 Å². The molecular weight excluding hydrogens is 298 g/mol. The molecule has 0 aliphatic rings. The molecule has 6 heteroatoms. The fourth-order valence-corrected chi connectivity index (χ4v) is 3.15. The van der Waals surface area contributed by atoms with Gasteiger partial charge in [-0.05, 0) is 30.5 Å². The van der Waals surface area contributed by atoms with Crippen molar-refractivity contribution in [2.75, 3.05) is 13.6 Å². The van der Waals surface area contributed by atoms with E-state index in [0.717, 1.165) is 12.8 Å². The lowest BCUT2D eigenvalue weighted by Crippen LogP contribution is -2.27. The quantitative estimate of drug-likeness (QED) is 0.758. The molecule has 0 bridgehead atoms. The van der Waals surface area contributed by atoms with Crippen LogP contribution in [0.2, 0.25) is 0 Å². The monoisotopic (exact) mass is 317 g/mol. The van der Waals surface area contributed by atoms with E-state index in [9.17, 15) is 13.2 Å². The molecular formula is C14H20ClNO3S. The van der Waals surface area contributed by atoms with Gasteiger partial charge in [-0.25, -0.2) is 8.42 Å². The highest BCUT2D eigenvalue weighted by molar-refractivity contribution is 8.13. The Morgan fingerprint density at radius 1 is 1.30 bits per heavy atom. The van der Waals surface area contributed by atoms with Crippen LogP contribution in [0, 0.1) is 0 Å². The number of amides is 1. The molecule has 112 valence electrons. The van der Waals surface area contributed by atoms with Crippen molar-refractivity contribution in [2.45, 2.75) is 38.0 Å². The fourth-order valence-electron chi connectivity index (χ4n) is 1.92. The summed E-state index contributed by atoms with van der Waals surface area (Å²) in [5.41, 5.74) is 0.966. The van der Waals surface area contributed by atoms with Crippen LogP contribution in [0.5, 0.6) is 0 Å². The number of halogens is 1. The predicted octanol–water partition coefficient (Wildman–Crippen LogP) is 3.05. The third-order valence-electron chi connectivity index (χ3n) is 3.15. The van der Waals surface area contributed by atoms with Gasteiger partial charge < -0.3 is 4.90 Å².